The average Bonchev–Trinajstić information content (AvgIpc) is 2.84. The van der Waals surface area contributed by atoms with Gasteiger partial charge in [0.25, 0.3) is 0 Å². The number of hydrogen-bond acceptors (Lipinski definition) is 4. The van der Waals surface area contributed by atoms with E-state index in [1.54, 1.807) is 30.2 Å². The Bertz CT molecular complexity index is 450. The standard InChI is InChI=1S/C13H18N2O4/c1-18-11-3-2-10(9-16)8-12(11)19-7-6-15-5-4-14-13(15)17/h2-3,8,16H,4-7,9H2,1H3,(H,14,17). The third-order valence-corrected chi connectivity index (χ3v) is 2.97. The molecule has 6 heteroatoms. The van der Waals surface area contributed by atoms with Crippen LogP contribution < -0.4 is 14.8 Å². The molecule has 6 nitrogen and oxygen atoms in total. The molecule has 2 amide bonds. The van der Waals surface area contributed by atoms with E-state index in [0.717, 1.165) is 5.56 Å². The SMILES string of the molecule is COc1ccc(CO)cc1OCCN1CCNC1=O. The third-order valence-electron chi connectivity index (χ3n) is 2.97. The molecule has 0 aliphatic carbocycles. The molecule has 0 saturated carbocycles. The molecule has 1 aromatic rings. The van der Waals surface area contributed by atoms with Gasteiger partial charge in [-0.2, -0.15) is 0 Å². The van der Waals surface area contributed by atoms with Gasteiger partial charge >= 0.3 is 6.03 Å². The quantitative estimate of drug-likeness (QED) is 0.790. The second-order valence-electron chi connectivity index (χ2n) is 4.21. The van der Waals surface area contributed by atoms with Crippen molar-refractivity contribution >= 4 is 6.03 Å². The van der Waals surface area contributed by atoms with Crippen LogP contribution in [0.5, 0.6) is 11.5 Å². The van der Waals surface area contributed by atoms with Crippen molar-refractivity contribution in [2.75, 3.05) is 33.4 Å². The maximum absolute atomic E-state index is 11.3. The van der Waals surface area contributed by atoms with Crippen LogP contribution >= 0.6 is 0 Å². The normalized spacial score (nSPS) is 14.4. The van der Waals surface area contributed by atoms with E-state index in [0.29, 0.717) is 37.7 Å². The summed E-state index contributed by atoms with van der Waals surface area (Å²) >= 11 is 0. The van der Waals surface area contributed by atoms with E-state index in [1.165, 1.54) is 0 Å². The molecule has 0 spiro atoms. The molecule has 104 valence electrons. The molecule has 1 heterocycles. The van der Waals surface area contributed by atoms with Gasteiger partial charge in [0, 0.05) is 13.1 Å². The van der Waals surface area contributed by atoms with Gasteiger partial charge in [0.1, 0.15) is 6.61 Å². The Morgan fingerprint density at radius 2 is 2.26 bits per heavy atom. The molecule has 0 radical (unpaired) electrons. The number of aliphatic hydroxyl groups is 1. The molecule has 2 N–H and O–H groups in total. The lowest BCUT2D eigenvalue weighted by Gasteiger charge is -2.16. The van der Waals surface area contributed by atoms with Crippen LogP contribution in [0.4, 0.5) is 4.79 Å². The lowest BCUT2D eigenvalue weighted by atomic mass is 10.2. The number of methoxy groups -OCH3 is 1. The van der Waals surface area contributed by atoms with Crippen molar-refractivity contribution < 1.29 is 19.4 Å². The molecule has 0 atom stereocenters. The van der Waals surface area contributed by atoms with Gasteiger partial charge in [-0.15, -0.1) is 0 Å². The summed E-state index contributed by atoms with van der Waals surface area (Å²) in [4.78, 5) is 13.0. The van der Waals surface area contributed by atoms with E-state index in [1.807, 2.05) is 0 Å². The molecular weight excluding hydrogens is 248 g/mol. The maximum Gasteiger partial charge on any atom is 0.317 e. The molecule has 1 aliphatic heterocycles. The molecule has 0 aromatic heterocycles. The van der Waals surface area contributed by atoms with E-state index in [9.17, 15) is 4.79 Å². The molecule has 1 aromatic carbocycles. The Morgan fingerprint density at radius 1 is 1.42 bits per heavy atom. The van der Waals surface area contributed by atoms with Crippen molar-refractivity contribution in [2.45, 2.75) is 6.61 Å². The molecule has 1 fully saturated rings. The summed E-state index contributed by atoms with van der Waals surface area (Å²) in [6.07, 6.45) is 0. The Morgan fingerprint density at radius 3 is 2.89 bits per heavy atom. The molecular formula is C13H18N2O4. The fourth-order valence-corrected chi connectivity index (χ4v) is 1.92. The molecule has 2 rings (SSSR count). The molecule has 1 saturated heterocycles. The average molecular weight is 266 g/mol. The highest BCUT2D eigenvalue weighted by Crippen LogP contribution is 2.28. The zero-order valence-corrected chi connectivity index (χ0v) is 10.9. The lowest BCUT2D eigenvalue weighted by Crippen LogP contribution is -2.31. The van der Waals surface area contributed by atoms with Crippen molar-refractivity contribution in [2.24, 2.45) is 0 Å². The minimum absolute atomic E-state index is 0.0467. The number of rotatable bonds is 6. The van der Waals surface area contributed by atoms with E-state index in [2.05, 4.69) is 5.32 Å². The molecule has 19 heavy (non-hydrogen) atoms. The topological polar surface area (TPSA) is 71.0 Å². The fraction of sp³-hybridized carbons (Fsp3) is 0.462. The van der Waals surface area contributed by atoms with Gasteiger partial charge in [0.05, 0.1) is 20.3 Å². The smallest absolute Gasteiger partial charge is 0.317 e. The van der Waals surface area contributed by atoms with E-state index < -0.39 is 0 Å². The van der Waals surface area contributed by atoms with Crippen LogP contribution in [0.3, 0.4) is 0 Å². The van der Waals surface area contributed by atoms with Crippen molar-refractivity contribution in [3.05, 3.63) is 23.8 Å². The lowest BCUT2D eigenvalue weighted by molar-refractivity contribution is 0.201. The number of hydrogen-bond donors (Lipinski definition) is 2. The molecule has 1 aliphatic rings. The van der Waals surface area contributed by atoms with Crippen LogP contribution in [-0.4, -0.2) is 49.4 Å². The fourth-order valence-electron chi connectivity index (χ4n) is 1.92. The Balaban J connectivity index is 1.92. The van der Waals surface area contributed by atoms with Gasteiger partial charge in [0.15, 0.2) is 11.5 Å². The van der Waals surface area contributed by atoms with E-state index in [-0.39, 0.29) is 12.6 Å². The monoisotopic (exact) mass is 266 g/mol. The summed E-state index contributed by atoms with van der Waals surface area (Å²) in [5.74, 6) is 1.19. The van der Waals surface area contributed by atoms with Gasteiger partial charge in [0.2, 0.25) is 0 Å². The summed E-state index contributed by atoms with van der Waals surface area (Å²) in [5.41, 5.74) is 0.759. The number of carbonyl (C=O) groups excluding carboxylic acids is 1. The first-order valence-electron chi connectivity index (χ1n) is 6.18. The highest BCUT2D eigenvalue weighted by molar-refractivity contribution is 5.76. The van der Waals surface area contributed by atoms with Crippen LogP contribution in [0.15, 0.2) is 18.2 Å². The molecule has 0 unspecified atom stereocenters. The van der Waals surface area contributed by atoms with E-state index in [4.69, 9.17) is 14.6 Å². The number of ether oxygens (including phenoxy) is 2. The first-order valence-corrected chi connectivity index (χ1v) is 6.18. The van der Waals surface area contributed by atoms with Gasteiger partial charge in [-0.25, -0.2) is 4.79 Å². The first-order chi connectivity index (χ1) is 9.24. The first kappa shape index (κ1) is 13.5. The van der Waals surface area contributed by atoms with E-state index >= 15 is 0 Å². The van der Waals surface area contributed by atoms with Gasteiger partial charge in [-0.05, 0) is 17.7 Å². The Labute approximate surface area is 111 Å². The Hall–Kier alpha value is -1.95. The van der Waals surface area contributed by atoms with Crippen molar-refractivity contribution in [3.8, 4) is 11.5 Å². The van der Waals surface area contributed by atoms with Crippen molar-refractivity contribution in [1.29, 1.82) is 0 Å². The van der Waals surface area contributed by atoms with Crippen LogP contribution in [-0.2, 0) is 6.61 Å². The minimum atomic E-state index is -0.0559. The summed E-state index contributed by atoms with van der Waals surface area (Å²) in [7, 11) is 1.56. The zero-order valence-electron chi connectivity index (χ0n) is 10.9. The maximum atomic E-state index is 11.3. The summed E-state index contributed by atoms with van der Waals surface area (Å²) in [6.45, 7) is 2.25. The zero-order chi connectivity index (χ0) is 13.7. The van der Waals surface area contributed by atoms with Crippen LogP contribution in [0.25, 0.3) is 0 Å². The number of carbonyl (C=O) groups is 1. The highest BCUT2D eigenvalue weighted by atomic mass is 16.5. The van der Waals surface area contributed by atoms with Crippen LogP contribution in [0, 0.1) is 0 Å². The van der Waals surface area contributed by atoms with Crippen molar-refractivity contribution in [1.82, 2.24) is 10.2 Å². The number of aliphatic hydroxyl groups excluding tert-OH is 1. The van der Waals surface area contributed by atoms with Gasteiger partial charge in [-0.1, -0.05) is 6.07 Å². The predicted octanol–water partition coefficient (Wildman–Crippen LogP) is 0.591. The number of nitrogens with one attached hydrogen (secondary N) is 1. The van der Waals surface area contributed by atoms with Crippen molar-refractivity contribution in [3.63, 3.8) is 0 Å². The highest BCUT2D eigenvalue weighted by Gasteiger charge is 2.18. The predicted molar refractivity (Wildman–Crippen MR) is 69.4 cm³/mol. The second kappa shape index (κ2) is 6.29. The van der Waals surface area contributed by atoms with Gasteiger partial charge in [-0.3, -0.25) is 0 Å². The number of nitrogens with zero attached hydrogens (tertiary/aromatic N) is 1. The third kappa shape index (κ3) is 3.29. The Kier molecular flexibility index (Phi) is 4.46. The summed E-state index contributed by atoms with van der Waals surface area (Å²) in [5, 5.41) is 11.8. The minimum Gasteiger partial charge on any atom is -0.493 e. The number of benzene rings is 1. The largest absolute Gasteiger partial charge is 0.493 e. The van der Waals surface area contributed by atoms with Crippen LogP contribution in [0.2, 0.25) is 0 Å². The number of urea groups is 1. The number of amides is 2. The van der Waals surface area contributed by atoms with Crippen LogP contribution in [0.1, 0.15) is 5.56 Å². The van der Waals surface area contributed by atoms with Gasteiger partial charge < -0.3 is 24.8 Å². The second-order valence-corrected chi connectivity index (χ2v) is 4.21. The summed E-state index contributed by atoms with van der Waals surface area (Å²) in [6, 6.07) is 5.21. The summed E-state index contributed by atoms with van der Waals surface area (Å²) < 4.78 is 10.8. The molecule has 0 bridgehead atoms.